The molecule has 0 amide bonds. The van der Waals surface area contributed by atoms with E-state index in [0.717, 1.165) is 4.47 Å². The van der Waals surface area contributed by atoms with Crippen molar-refractivity contribution in [3.63, 3.8) is 0 Å². The van der Waals surface area contributed by atoms with Gasteiger partial charge in [0.2, 0.25) is 0 Å². The van der Waals surface area contributed by atoms with Crippen LogP contribution >= 0.6 is 38.9 Å². The minimum atomic E-state index is -0.430. The van der Waals surface area contributed by atoms with Gasteiger partial charge in [-0.3, -0.25) is 0 Å². The molecule has 0 saturated heterocycles. The second-order valence-corrected chi connectivity index (χ2v) is 3.45. The summed E-state index contributed by atoms with van der Waals surface area (Å²) >= 11 is 4.76. The molecule has 64 valence electrons. The largest absolute Gasteiger partial charge is 0.398 e. The highest BCUT2D eigenvalue weighted by atomic mass is 127. The van der Waals surface area contributed by atoms with Gasteiger partial charge in [0.15, 0.2) is 23.0 Å². The first-order chi connectivity index (χ1) is 5.65. The third kappa shape index (κ3) is 2.10. The van der Waals surface area contributed by atoms with Gasteiger partial charge in [-0.05, 0) is 18.2 Å². The number of anilines is 1. The molecule has 1 aromatic carbocycles. The molecule has 2 N–H and O–H groups in total. The fourth-order valence-corrected chi connectivity index (χ4v) is 1.38. The maximum Gasteiger partial charge on any atom is 0.349 e. The van der Waals surface area contributed by atoms with Crippen molar-refractivity contribution >= 4 is 50.6 Å². The monoisotopic (exact) mass is 341 g/mol. The Balaban J connectivity index is 3.09. The van der Waals surface area contributed by atoms with Gasteiger partial charge in [-0.15, -0.1) is 0 Å². The molecular formula is C7H5BrINO2. The molecule has 5 heteroatoms. The molecule has 0 saturated carbocycles. The standard InChI is InChI=1S/C7H5BrINO2/c8-4-1-2-5(6(10)3-4)7(11)12-9/h1-3H,10H2. The second-order valence-electron chi connectivity index (χ2n) is 2.10. The third-order valence-electron chi connectivity index (χ3n) is 1.30. The molecule has 1 aromatic rings. The fourth-order valence-electron chi connectivity index (χ4n) is 0.761. The predicted octanol–water partition coefficient (Wildman–Crippen LogP) is 2.54. The Bertz CT molecular complexity index is 316. The highest BCUT2D eigenvalue weighted by Gasteiger charge is 2.09. The molecule has 1 rings (SSSR count). The van der Waals surface area contributed by atoms with Crippen LogP contribution in [0.3, 0.4) is 0 Å². The number of carbonyl (C=O) groups is 1. The first-order valence-electron chi connectivity index (χ1n) is 3.03. The lowest BCUT2D eigenvalue weighted by molar-refractivity contribution is 0.0801. The van der Waals surface area contributed by atoms with E-state index in [2.05, 4.69) is 19.0 Å². The number of carbonyl (C=O) groups excluding carboxylic acids is 1. The van der Waals surface area contributed by atoms with Crippen molar-refractivity contribution in [1.29, 1.82) is 0 Å². The molecule has 0 aliphatic carbocycles. The van der Waals surface area contributed by atoms with Crippen LogP contribution in [0.25, 0.3) is 0 Å². The van der Waals surface area contributed by atoms with E-state index in [-0.39, 0.29) is 0 Å². The van der Waals surface area contributed by atoms with Gasteiger partial charge in [0, 0.05) is 10.2 Å². The quantitative estimate of drug-likeness (QED) is 0.631. The Morgan fingerprint density at radius 2 is 2.25 bits per heavy atom. The molecule has 0 atom stereocenters. The molecule has 3 nitrogen and oxygen atoms in total. The van der Waals surface area contributed by atoms with E-state index >= 15 is 0 Å². The number of rotatable bonds is 1. The van der Waals surface area contributed by atoms with E-state index < -0.39 is 5.97 Å². The zero-order chi connectivity index (χ0) is 9.14. The van der Waals surface area contributed by atoms with Crippen LogP contribution in [-0.2, 0) is 3.07 Å². The van der Waals surface area contributed by atoms with Gasteiger partial charge in [-0.2, -0.15) is 0 Å². The van der Waals surface area contributed by atoms with Crippen LogP contribution < -0.4 is 5.73 Å². The highest BCUT2D eigenvalue weighted by Crippen LogP contribution is 2.19. The molecule has 0 aliphatic heterocycles. The Labute approximate surface area is 92.1 Å². The van der Waals surface area contributed by atoms with Gasteiger partial charge in [-0.1, -0.05) is 15.9 Å². The van der Waals surface area contributed by atoms with Crippen molar-refractivity contribution in [2.75, 3.05) is 5.73 Å². The molecule has 0 heterocycles. The van der Waals surface area contributed by atoms with Gasteiger partial charge in [0.25, 0.3) is 0 Å². The second kappa shape index (κ2) is 4.08. The van der Waals surface area contributed by atoms with Crippen molar-refractivity contribution in [2.45, 2.75) is 0 Å². The van der Waals surface area contributed by atoms with Crippen LogP contribution in [0.15, 0.2) is 22.7 Å². The summed E-state index contributed by atoms with van der Waals surface area (Å²) < 4.78 is 5.33. The predicted molar refractivity (Wildman–Crippen MR) is 58.0 cm³/mol. The van der Waals surface area contributed by atoms with Gasteiger partial charge in [-0.25, -0.2) is 4.79 Å². The van der Waals surface area contributed by atoms with Crippen LogP contribution in [0.2, 0.25) is 0 Å². The van der Waals surface area contributed by atoms with Crippen molar-refractivity contribution in [2.24, 2.45) is 0 Å². The van der Waals surface area contributed by atoms with E-state index in [4.69, 9.17) is 5.73 Å². The zero-order valence-corrected chi connectivity index (χ0v) is 9.63. The summed E-state index contributed by atoms with van der Waals surface area (Å²) in [4.78, 5) is 11.0. The van der Waals surface area contributed by atoms with E-state index in [1.807, 2.05) is 0 Å². The number of hydrogen-bond donors (Lipinski definition) is 1. The van der Waals surface area contributed by atoms with Crippen LogP contribution in [0.5, 0.6) is 0 Å². The van der Waals surface area contributed by atoms with Crippen LogP contribution in [-0.4, -0.2) is 5.97 Å². The molecule has 12 heavy (non-hydrogen) atoms. The summed E-state index contributed by atoms with van der Waals surface area (Å²) in [5, 5.41) is 0. The smallest absolute Gasteiger partial charge is 0.349 e. The minimum absolute atomic E-state index is 0.382. The molecule has 0 aliphatic rings. The van der Waals surface area contributed by atoms with Crippen molar-refractivity contribution in [3.8, 4) is 0 Å². The number of hydrogen-bond acceptors (Lipinski definition) is 3. The van der Waals surface area contributed by atoms with E-state index in [1.165, 1.54) is 23.0 Å². The summed E-state index contributed by atoms with van der Waals surface area (Å²) in [6.45, 7) is 0. The Kier molecular flexibility index (Phi) is 3.33. The first-order valence-corrected chi connectivity index (χ1v) is 4.70. The summed E-state index contributed by atoms with van der Waals surface area (Å²) in [7, 11) is 0. The van der Waals surface area contributed by atoms with Crippen molar-refractivity contribution in [3.05, 3.63) is 28.2 Å². The summed E-state index contributed by atoms with van der Waals surface area (Å²) in [6, 6.07) is 5.00. The summed E-state index contributed by atoms with van der Waals surface area (Å²) in [6.07, 6.45) is 0. The maximum absolute atomic E-state index is 11.0. The number of benzene rings is 1. The molecule has 0 radical (unpaired) electrons. The average molecular weight is 342 g/mol. The molecule has 0 bridgehead atoms. The Hall–Kier alpha value is -0.300. The number of halogens is 2. The fraction of sp³-hybridized carbons (Fsp3) is 0. The summed E-state index contributed by atoms with van der Waals surface area (Å²) in [5.41, 5.74) is 6.35. The van der Waals surface area contributed by atoms with Gasteiger partial charge in [0.1, 0.15) is 0 Å². The zero-order valence-electron chi connectivity index (χ0n) is 5.88. The number of nitrogens with two attached hydrogens (primary N) is 1. The maximum atomic E-state index is 11.0. The first kappa shape index (κ1) is 9.79. The lowest BCUT2D eigenvalue weighted by atomic mass is 10.2. The van der Waals surface area contributed by atoms with Crippen molar-refractivity contribution in [1.82, 2.24) is 0 Å². The molecule has 0 unspecified atom stereocenters. The molecule has 0 spiro atoms. The van der Waals surface area contributed by atoms with Gasteiger partial charge >= 0.3 is 5.97 Å². The third-order valence-corrected chi connectivity index (χ3v) is 2.20. The Morgan fingerprint density at radius 3 is 2.75 bits per heavy atom. The topological polar surface area (TPSA) is 52.3 Å². The van der Waals surface area contributed by atoms with Crippen LogP contribution in [0.1, 0.15) is 10.4 Å². The van der Waals surface area contributed by atoms with Gasteiger partial charge in [0.05, 0.1) is 5.56 Å². The lowest BCUT2D eigenvalue weighted by Crippen LogP contribution is -2.02. The van der Waals surface area contributed by atoms with E-state index in [0.29, 0.717) is 11.3 Å². The van der Waals surface area contributed by atoms with Crippen LogP contribution in [0.4, 0.5) is 5.69 Å². The SMILES string of the molecule is Nc1cc(Br)ccc1C(=O)OI. The highest BCUT2D eigenvalue weighted by molar-refractivity contribution is 14.1. The molecular weight excluding hydrogens is 337 g/mol. The van der Waals surface area contributed by atoms with Crippen molar-refractivity contribution < 1.29 is 7.86 Å². The van der Waals surface area contributed by atoms with E-state index in [9.17, 15) is 4.79 Å². The minimum Gasteiger partial charge on any atom is -0.398 e. The molecule has 0 fully saturated rings. The number of nitrogen functional groups attached to an aromatic ring is 1. The Morgan fingerprint density at radius 1 is 1.58 bits per heavy atom. The van der Waals surface area contributed by atoms with Gasteiger partial charge < -0.3 is 8.80 Å². The van der Waals surface area contributed by atoms with E-state index in [1.54, 1.807) is 18.2 Å². The lowest BCUT2D eigenvalue weighted by Gasteiger charge is -2.01. The molecule has 0 aromatic heterocycles. The van der Waals surface area contributed by atoms with Crippen LogP contribution in [0, 0.1) is 0 Å². The average Bonchev–Trinajstić information content (AvgIpc) is 2.03. The summed E-state index contributed by atoms with van der Waals surface area (Å²) in [5.74, 6) is -0.430. The normalized spacial score (nSPS) is 9.50.